The number of nitrogens with one attached hydrogen (secondary N) is 12. The highest BCUT2D eigenvalue weighted by atomic mass is 16.4. The number of allylic oxidation sites excluding steroid dienone is 2. The number of aliphatic hydroxyl groups excluding tert-OH is 1. The molecule has 0 bridgehead atoms. The van der Waals surface area contributed by atoms with Gasteiger partial charge in [0, 0.05) is 42.9 Å². The molecule has 5 rings (SSSR count). The molecule has 32 heteroatoms. The van der Waals surface area contributed by atoms with Gasteiger partial charge in [0.25, 0.3) is 0 Å². The number of carbonyl (C=O) groups excluding carboxylic acids is 11. The third-order valence-electron chi connectivity index (χ3n) is 18.5. The molecule has 3 aromatic carbocycles. The summed E-state index contributed by atoms with van der Waals surface area (Å²) in [5, 5.41) is 61.0. The van der Waals surface area contributed by atoms with Crippen LogP contribution in [0.3, 0.4) is 0 Å². The fraction of sp³-hybridized carbons (Fsp3) is 0.539. The summed E-state index contributed by atoms with van der Waals surface area (Å²) >= 11 is 0. The number of aliphatic hydroxyl groups is 1. The quantitative estimate of drug-likeness (QED) is 0.0132. The summed E-state index contributed by atoms with van der Waals surface area (Å²) < 4.78 is 0. The lowest BCUT2D eigenvalue weighted by Crippen LogP contribution is -2.65. The first-order valence-electron chi connectivity index (χ1n) is 36.9. The highest BCUT2D eigenvalue weighted by Crippen LogP contribution is 2.23. The number of nitrogens with zero attached hydrogens (tertiary/aromatic N) is 1. The van der Waals surface area contributed by atoms with E-state index in [1.54, 1.807) is 42.6 Å². The van der Waals surface area contributed by atoms with E-state index in [1.165, 1.54) is 52.0 Å². The van der Waals surface area contributed by atoms with Crippen molar-refractivity contribution >= 4 is 87.8 Å². The van der Waals surface area contributed by atoms with E-state index < -0.39 is 149 Å². The number of unbranched alkanes of at least 4 members (excludes halogenated alkanes) is 1. The van der Waals surface area contributed by atoms with E-state index in [0.29, 0.717) is 42.4 Å². The Hall–Kier alpha value is -10.5. The number of guanidine groups is 1. The van der Waals surface area contributed by atoms with Crippen LogP contribution in [0.2, 0.25) is 0 Å². The molecule has 0 aliphatic carbocycles. The number of phenolic OH excluding ortho intramolecular Hbond substituents is 1. The SMILES string of the molecule is CC(C)C[C@@H]1NC(=O)[C@H](CCCCN)NC(=O)[C@H](CC(C)C)NC(=O)[C@@](C)(NC(=O)[C@H](Cc2ccccc2)NC(=O)[C@H](Cc2ccc(O)cc2)NC(=O)[C@H](C)NC(=O)[C@@H](N)[C@@H](C)O)CCC/C=C\CCC[C@@](C)(C(=O)NCC(=O)N[C@@H](CCCN=C(N)N)C(=O)N[C@@H](Cc2c[nH]c3ccccc23)C(=O)O)NC1=O. The molecule has 0 spiro atoms. The van der Waals surface area contributed by atoms with E-state index in [1.807, 2.05) is 58.0 Å². The van der Waals surface area contributed by atoms with E-state index in [0.717, 1.165) is 10.9 Å². The topological polar surface area (TPSA) is 530 Å². The van der Waals surface area contributed by atoms with E-state index in [4.69, 9.17) is 22.9 Å². The number of aliphatic carboxylic acids is 1. The van der Waals surface area contributed by atoms with Crippen molar-refractivity contribution in [3.05, 3.63) is 114 Å². The molecule has 4 aromatic rings. The number of fused-ring (bicyclic) bond motifs is 1. The molecule has 1 aliphatic rings. The molecule has 0 unspecified atom stereocenters. The average Bonchev–Trinajstić information content (AvgIpc) is 1.67. The lowest BCUT2D eigenvalue weighted by molar-refractivity contribution is -0.142. The monoisotopic (exact) mass is 1500 g/mol. The molecular formula is C76H113N17O15. The second kappa shape index (κ2) is 43.4. The molecule has 108 heavy (non-hydrogen) atoms. The van der Waals surface area contributed by atoms with Crippen molar-refractivity contribution in [2.45, 2.75) is 230 Å². The van der Waals surface area contributed by atoms with Crippen molar-refractivity contribution in [1.82, 2.24) is 63.5 Å². The summed E-state index contributed by atoms with van der Waals surface area (Å²) in [6, 6.07) is 9.46. The zero-order valence-corrected chi connectivity index (χ0v) is 63.1. The predicted octanol–water partition coefficient (Wildman–Crippen LogP) is 0.644. The van der Waals surface area contributed by atoms with E-state index >= 15 is 9.59 Å². The Bertz CT molecular complexity index is 3750. The summed E-state index contributed by atoms with van der Waals surface area (Å²) in [6.07, 6.45) is 5.63. The zero-order valence-electron chi connectivity index (χ0n) is 63.1. The molecule has 0 radical (unpaired) electrons. The van der Waals surface area contributed by atoms with Gasteiger partial charge in [-0.2, -0.15) is 0 Å². The number of aliphatic imine (C=N–C) groups is 1. The Morgan fingerprint density at radius 3 is 1.81 bits per heavy atom. The normalized spacial score (nSPS) is 20.7. The van der Waals surface area contributed by atoms with Gasteiger partial charge in [-0.1, -0.05) is 101 Å². The second-order valence-electron chi connectivity index (χ2n) is 29.0. The number of amides is 11. The van der Waals surface area contributed by atoms with Gasteiger partial charge in [0.1, 0.15) is 71.2 Å². The number of hydrogen-bond donors (Lipinski definition) is 19. The van der Waals surface area contributed by atoms with E-state index in [2.05, 4.69) is 68.5 Å². The molecule has 23 N–H and O–H groups in total. The lowest BCUT2D eigenvalue weighted by atomic mass is 9.91. The molecule has 1 aromatic heterocycles. The van der Waals surface area contributed by atoms with Gasteiger partial charge in [0.2, 0.25) is 65.0 Å². The zero-order chi connectivity index (χ0) is 79.8. The molecule has 0 fully saturated rings. The van der Waals surface area contributed by atoms with Crippen LogP contribution in [0, 0.1) is 11.8 Å². The lowest BCUT2D eigenvalue weighted by Gasteiger charge is -2.34. The third-order valence-corrected chi connectivity index (χ3v) is 18.5. The van der Waals surface area contributed by atoms with Gasteiger partial charge in [-0.3, -0.25) is 57.7 Å². The third kappa shape index (κ3) is 29.0. The van der Waals surface area contributed by atoms with Crippen molar-refractivity contribution in [1.29, 1.82) is 0 Å². The summed E-state index contributed by atoms with van der Waals surface area (Å²) in [5.41, 5.74) is 21.6. The largest absolute Gasteiger partial charge is 0.508 e. The number of phenols is 1. The Balaban J connectivity index is 1.47. The molecule has 2 heterocycles. The minimum absolute atomic E-state index is 0.0301. The Morgan fingerprint density at radius 2 is 1.19 bits per heavy atom. The van der Waals surface area contributed by atoms with Crippen LogP contribution in [0.15, 0.2) is 102 Å². The van der Waals surface area contributed by atoms with Crippen molar-refractivity contribution < 1.29 is 72.9 Å². The smallest absolute Gasteiger partial charge is 0.326 e. The Morgan fingerprint density at radius 1 is 0.620 bits per heavy atom. The van der Waals surface area contributed by atoms with Crippen LogP contribution >= 0.6 is 0 Å². The van der Waals surface area contributed by atoms with Gasteiger partial charge < -0.3 is 102 Å². The van der Waals surface area contributed by atoms with Crippen LogP contribution < -0.4 is 81.4 Å². The predicted molar refractivity (Wildman–Crippen MR) is 407 cm³/mol. The summed E-state index contributed by atoms with van der Waals surface area (Å²) in [6.45, 7) is 12.4. The molecule has 1 aliphatic heterocycles. The number of hydrogen-bond acceptors (Lipinski definition) is 17. The minimum Gasteiger partial charge on any atom is -0.508 e. The second-order valence-corrected chi connectivity index (χ2v) is 29.0. The minimum atomic E-state index is -1.84. The average molecular weight is 1500 g/mol. The van der Waals surface area contributed by atoms with Gasteiger partial charge in [0.15, 0.2) is 5.96 Å². The molecule has 0 saturated carbocycles. The van der Waals surface area contributed by atoms with Crippen molar-refractivity contribution in [2.24, 2.45) is 39.8 Å². The maximum absolute atomic E-state index is 15.2. The van der Waals surface area contributed by atoms with Crippen LogP contribution in [-0.4, -0.2) is 188 Å². The molecule has 11 amide bonds. The number of carboxylic acids is 1. The first kappa shape index (κ1) is 88.2. The standard InChI is InChI=1S/C76H113N17O15/c1-44(2)37-56-66(100)86-55(27-18-21-35-77)65(99)88-57(38-45(3)4)68(102)92-75(7,72(107)83-43-61(96)85-54(28-22-36-81-74(79)80)64(98)90-60(71(105)106)41-50-42-82-53-26-17-16-25-52(50)53)33-19-11-9-10-12-20-34-76(8,73(108)91-56)93-69(103)59(39-48-23-14-13-15-24-48)89-67(101)58(40-49-29-31-51(95)32-30-49)87-63(97)46(5)84-70(104)62(78)47(6)94/h9-10,13-17,23-26,29-32,42,44-47,54-60,62,82,94-95H,11-12,18-22,27-28,33-41,43,77-78H2,1-8H3,(H,83,107)(H,84,104)(H,85,96)(H,86,100)(H,87,97)(H,88,99)(H,89,101)(H,90,98)(H,91,108)(H,92,102)(H,93,103)(H,105,106)(H4,79,80,81)/b10-9-/t46-,47+,54-,55-,56-,57-,58-,59-,60-,62-,75-,76-/m0/s1. The van der Waals surface area contributed by atoms with Crippen molar-refractivity contribution in [3.8, 4) is 5.75 Å². The Labute approximate surface area is 630 Å². The van der Waals surface area contributed by atoms with Gasteiger partial charge in [-0.15, -0.1) is 0 Å². The van der Waals surface area contributed by atoms with Crippen molar-refractivity contribution in [2.75, 3.05) is 19.6 Å². The summed E-state index contributed by atoms with van der Waals surface area (Å²) in [4.78, 5) is 179. The maximum Gasteiger partial charge on any atom is 0.326 e. The van der Waals surface area contributed by atoms with Gasteiger partial charge in [-0.25, -0.2) is 4.79 Å². The number of H-pyrrole nitrogens is 1. The maximum atomic E-state index is 15.2. The fourth-order valence-corrected chi connectivity index (χ4v) is 12.3. The number of aromatic hydroxyl groups is 1. The molecule has 0 saturated heterocycles. The molecule has 32 nitrogen and oxygen atoms in total. The van der Waals surface area contributed by atoms with Crippen LogP contribution in [-0.2, 0) is 76.8 Å². The molecular weight excluding hydrogens is 1390 g/mol. The number of benzene rings is 3. The number of aromatic amines is 1. The van der Waals surface area contributed by atoms with Crippen LogP contribution in [0.4, 0.5) is 0 Å². The number of aromatic nitrogens is 1. The first-order valence-corrected chi connectivity index (χ1v) is 36.9. The van der Waals surface area contributed by atoms with E-state index in [-0.39, 0.29) is 114 Å². The molecule has 12 atom stereocenters. The van der Waals surface area contributed by atoms with Crippen LogP contribution in [0.25, 0.3) is 10.9 Å². The van der Waals surface area contributed by atoms with Gasteiger partial charge >= 0.3 is 5.97 Å². The molecule has 592 valence electrons. The van der Waals surface area contributed by atoms with E-state index in [9.17, 15) is 63.3 Å². The highest BCUT2D eigenvalue weighted by molar-refractivity contribution is 6.01. The van der Waals surface area contributed by atoms with Crippen molar-refractivity contribution in [3.63, 3.8) is 0 Å². The fourth-order valence-electron chi connectivity index (χ4n) is 12.3. The number of nitrogens with two attached hydrogens (primary N) is 4. The Kier molecular flexibility index (Phi) is 35.4. The number of rotatable bonds is 34. The van der Waals surface area contributed by atoms with Gasteiger partial charge in [0.05, 0.1) is 12.6 Å². The van der Waals surface area contributed by atoms with Gasteiger partial charge in [-0.05, 0) is 164 Å². The highest BCUT2D eigenvalue weighted by Gasteiger charge is 2.42. The summed E-state index contributed by atoms with van der Waals surface area (Å²) in [5.74, 6) is -11.1. The van der Waals surface area contributed by atoms with Crippen LogP contribution in [0.1, 0.15) is 156 Å². The number of carboxylic acid groups (broad SMARTS) is 1. The number of carbonyl (C=O) groups is 12. The first-order chi connectivity index (χ1) is 51.1. The summed E-state index contributed by atoms with van der Waals surface area (Å²) in [7, 11) is 0. The number of para-hydroxylation sites is 1. The van der Waals surface area contributed by atoms with Crippen LogP contribution in [0.5, 0.6) is 5.75 Å².